The zero-order chi connectivity index (χ0) is 21.5. The maximum absolute atomic E-state index is 14.0. The Morgan fingerprint density at radius 2 is 1.97 bits per heavy atom. The van der Waals surface area contributed by atoms with Crippen LogP contribution in [0.2, 0.25) is 10.0 Å². The van der Waals surface area contributed by atoms with Gasteiger partial charge in [0.2, 0.25) is 15.0 Å². The van der Waals surface area contributed by atoms with E-state index >= 15 is 0 Å². The highest BCUT2D eigenvalue weighted by Crippen LogP contribution is 2.28. The van der Waals surface area contributed by atoms with Gasteiger partial charge in [-0.15, -0.1) is 16.4 Å². The summed E-state index contributed by atoms with van der Waals surface area (Å²) < 4.78 is 43.4. The van der Waals surface area contributed by atoms with Crippen LogP contribution in [0.15, 0.2) is 46.7 Å². The van der Waals surface area contributed by atoms with Crippen LogP contribution in [0.3, 0.4) is 0 Å². The van der Waals surface area contributed by atoms with Gasteiger partial charge in [0.25, 0.3) is 0 Å². The lowest BCUT2D eigenvalue weighted by Crippen LogP contribution is -2.26. The predicted octanol–water partition coefficient (Wildman–Crippen LogP) is 4.73. The molecular formula is C19H15Cl2FN4O2S2. The number of hydrogen-bond donors (Lipinski definition) is 1. The standard InChI is InChI=1S/C19H15Cl2FN4O2S2/c1-11-8-17(15(21)9-14(11)20)30(27,28)23-7-6-12-10-29-19-24-18(25-26(12)19)13-4-2-3-5-16(13)22/h2-5,8-10,23H,6-7H2,1H3. The van der Waals surface area contributed by atoms with E-state index in [0.29, 0.717) is 27.5 Å². The minimum absolute atomic E-state index is 0.0240. The van der Waals surface area contributed by atoms with Gasteiger partial charge < -0.3 is 0 Å². The summed E-state index contributed by atoms with van der Waals surface area (Å²) in [6, 6.07) is 9.13. The first-order valence-electron chi connectivity index (χ1n) is 8.79. The molecule has 2 aromatic heterocycles. The summed E-state index contributed by atoms with van der Waals surface area (Å²) in [5.74, 6) is -0.120. The third-order valence-corrected chi connectivity index (χ3v) is 7.64. The second-order valence-electron chi connectivity index (χ2n) is 6.52. The van der Waals surface area contributed by atoms with Crippen LogP contribution < -0.4 is 4.72 Å². The Morgan fingerprint density at radius 3 is 2.73 bits per heavy atom. The molecule has 0 saturated heterocycles. The lowest BCUT2D eigenvalue weighted by Gasteiger charge is -2.10. The molecule has 4 aromatic rings. The Hall–Kier alpha value is -2.04. The summed E-state index contributed by atoms with van der Waals surface area (Å²) in [5, 5.41) is 6.67. The largest absolute Gasteiger partial charge is 0.242 e. The van der Waals surface area contributed by atoms with Crippen molar-refractivity contribution in [1.82, 2.24) is 19.3 Å². The lowest BCUT2D eigenvalue weighted by molar-refractivity contribution is 0.581. The number of hydrogen-bond acceptors (Lipinski definition) is 5. The summed E-state index contributed by atoms with van der Waals surface area (Å²) in [4.78, 5) is 4.94. The van der Waals surface area contributed by atoms with Crippen LogP contribution in [0.1, 0.15) is 11.3 Å². The SMILES string of the molecule is Cc1cc(S(=O)(=O)NCCc2csc3nc(-c4ccccc4F)nn23)c(Cl)cc1Cl. The molecular weight excluding hydrogens is 470 g/mol. The Balaban J connectivity index is 1.52. The highest BCUT2D eigenvalue weighted by molar-refractivity contribution is 7.89. The minimum Gasteiger partial charge on any atom is -0.211 e. The van der Waals surface area contributed by atoms with Crippen LogP contribution in [0.5, 0.6) is 0 Å². The highest BCUT2D eigenvalue weighted by Gasteiger charge is 2.20. The van der Waals surface area contributed by atoms with Crippen molar-refractivity contribution in [2.75, 3.05) is 6.54 Å². The fourth-order valence-electron chi connectivity index (χ4n) is 2.88. The van der Waals surface area contributed by atoms with Crippen molar-refractivity contribution in [1.29, 1.82) is 0 Å². The zero-order valence-electron chi connectivity index (χ0n) is 15.6. The predicted molar refractivity (Wildman–Crippen MR) is 116 cm³/mol. The number of aryl methyl sites for hydroxylation is 1. The molecule has 156 valence electrons. The summed E-state index contributed by atoms with van der Waals surface area (Å²) in [5.41, 5.74) is 1.68. The Kier molecular flexibility index (Phi) is 5.82. The maximum atomic E-state index is 14.0. The van der Waals surface area contributed by atoms with Crippen molar-refractivity contribution in [3.63, 3.8) is 0 Å². The molecule has 2 heterocycles. The molecule has 0 fully saturated rings. The Morgan fingerprint density at radius 1 is 1.20 bits per heavy atom. The molecule has 0 aliphatic carbocycles. The lowest BCUT2D eigenvalue weighted by atomic mass is 10.2. The van der Waals surface area contributed by atoms with Gasteiger partial charge in [0.1, 0.15) is 10.7 Å². The third kappa shape index (κ3) is 4.08. The molecule has 0 amide bonds. The van der Waals surface area contributed by atoms with Crippen LogP contribution in [0.4, 0.5) is 4.39 Å². The van der Waals surface area contributed by atoms with Gasteiger partial charge in [-0.1, -0.05) is 35.3 Å². The number of thiazole rings is 1. The van der Waals surface area contributed by atoms with Crippen LogP contribution in [0.25, 0.3) is 16.3 Å². The van der Waals surface area contributed by atoms with E-state index in [2.05, 4.69) is 14.8 Å². The quantitative estimate of drug-likeness (QED) is 0.428. The second-order valence-corrected chi connectivity index (χ2v) is 9.90. The zero-order valence-corrected chi connectivity index (χ0v) is 18.7. The number of rotatable bonds is 6. The fraction of sp³-hybridized carbons (Fsp3) is 0.158. The van der Waals surface area contributed by atoms with Crippen LogP contribution in [0, 0.1) is 12.7 Å². The number of nitrogens with zero attached hydrogens (tertiary/aromatic N) is 3. The van der Waals surface area contributed by atoms with E-state index in [1.807, 2.05) is 5.38 Å². The van der Waals surface area contributed by atoms with Crippen molar-refractivity contribution in [2.45, 2.75) is 18.2 Å². The highest BCUT2D eigenvalue weighted by atomic mass is 35.5. The summed E-state index contributed by atoms with van der Waals surface area (Å²) >= 11 is 13.4. The van der Waals surface area contributed by atoms with Crippen LogP contribution in [-0.2, 0) is 16.4 Å². The molecule has 0 aliphatic rings. The number of benzene rings is 2. The molecule has 11 heteroatoms. The van der Waals surface area contributed by atoms with E-state index < -0.39 is 15.8 Å². The van der Waals surface area contributed by atoms with E-state index in [4.69, 9.17) is 23.2 Å². The van der Waals surface area contributed by atoms with Crippen molar-refractivity contribution in [2.24, 2.45) is 0 Å². The van der Waals surface area contributed by atoms with Gasteiger partial charge in [-0.05, 0) is 36.8 Å². The monoisotopic (exact) mass is 484 g/mol. The second kappa shape index (κ2) is 8.24. The number of halogens is 3. The molecule has 0 radical (unpaired) electrons. The van der Waals surface area contributed by atoms with Crippen molar-refractivity contribution >= 4 is 49.5 Å². The molecule has 6 nitrogen and oxygen atoms in total. The summed E-state index contributed by atoms with van der Waals surface area (Å²) in [6.45, 7) is 1.83. The average molecular weight is 485 g/mol. The molecule has 0 spiro atoms. The first kappa shape index (κ1) is 21.2. The maximum Gasteiger partial charge on any atom is 0.242 e. The van der Waals surface area contributed by atoms with E-state index in [1.165, 1.54) is 29.5 Å². The van der Waals surface area contributed by atoms with Crippen LogP contribution in [-0.4, -0.2) is 29.6 Å². The van der Waals surface area contributed by atoms with E-state index in [1.54, 1.807) is 29.6 Å². The summed E-state index contributed by atoms with van der Waals surface area (Å²) in [6.07, 6.45) is 0.365. The number of aromatic nitrogens is 3. The van der Waals surface area contributed by atoms with E-state index in [9.17, 15) is 12.8 Å². The topological polar surface area (TPSA) is 76.4 Å². The van der Waals surface area contributed by atoms with Gasteiger partial charge in [0, 0.05) is 23.4 Å². The third-order valence-electron chi connectivity index (χ3n) is 4.44. The first-order valence-corrected chi connectivity index (χ1v) is 11.9. The van der Waals surface area contributed by atoms with E-state index in [-0.39, 0.29) is 22.3 Å². The Bertz CT molecular complexity index is 1350. The number of sulfonamides is 1. The number of nitrogens with one attached hydrogen (secondary N) is 1. The van der Waals surface area contributed by atoms with Gasteiger partial charge >= 0.3 is 0 Å². The Labute approximate surface area is 186 Å². The summed E-state index contributed by atoms with van der Waals surface area (Å²) in [7, 11) is -3.81. The molecule has 0 aliphatic heterocycles. The molecule has 4 rings (SSSR count). The molecule has 1 N–H and O–H groups in total. The smallest absolute Gasteiger partial charge is 0.211 e. The van der Waals surface area contributed by atoms with Gasteiger partial charge in [-0.2, -0.15) is 4.98 Å². The van der Waals surface area contributed by atoms with Gasteiger partial charge in [-0.3, -0.25) is 0 Å². The fourth-order valence-corrected chi connectivity index (χ4v) is 5.60. The van der Waals surface area contributed by atoms with Gasteiger partial charge in [-0.25, -0.2) is 22.0 Å². The minimum atomic E-state index is -3.81. The van der Waals surface area contributed by atoms with E-state index in [0.717, 1.165) is 5.69 Å². The molecule has 0 unspecified atom stereocenters. The average Bonchev–Trinajstić information content (AvgIpc) is 3.26. The van der Waals surface area contributed by atoms with Crippen molar-refractivity contribution < 1.29 is 12.8 Å². The first-order chi connectivity index (χ1) is 14.3. The van der Waals surface area contributed by atoms with Gasteiger partial charge in [0.15, 0.2) is 5.82 Å². The van der Waals surface area contributed by atoms with Crippen molar-refractivity contribution in [3.05, 3.63) is 68.9 Å². The van der Waals surface area contributed by atoms with Crippen molar-refractivity contribution in [3.8, 4) is 11.4 Å². The molecule has 0 saturated carbocycles. The molecule has 0 bridgehead atoms. The molecule has 0 atom stereocenters. The number of fused-ring (bicyclic) bond motifs is 1. The van der Waals surface area contributed by atoms with Gasteiger partial charge in [0.05, 0.1) is 16.3 Å². The molecule has 2 aromatic carbocycles. The molecule has 30 heavy (non-hydrogen) atoms. The normalized spacial score (nSPS) is 12.0. The van der Waals surface area contributed by atoms with Crippen LogP contribution >= 0.6 is 34.5 Å².